The number of hydrogen-bond acceptors (Lipinski definition) is 4. The zero-order chi connectivity index (χ0) is 18.5. The topological polar surface area (TPSA) is 63.6 Å². The molecule has 136 valence electrons. The highest BCUT2D eigenvalue weighted by Crippen LogP contribution is 2.31. The van der Waals surface area contributed by atoms with Crippen molar-refractivity contribution in [3.63, 3.8) is 0 Å². The smallest absolute Gasteiger partial charge is 0.311 e. The van der Waals surface area contributed by atoms with Crippen molar-refractivity contribution in [1.82, 2.24) is 0 Å². The van der Waals surface area contributed by atoms with Crippen LogP contribution in [0, 0.1) is 5.92 Å². The second-order valence-electron chi connectivity index (χ2n) is 7.03. The molecule has 4 heteroatoms. The van der Waals surface area contributed by atoms with E-state index in [0.29, 0.717) is 29.2 Å². The summed E-state index contributed by atoms with van der Waals surface area (Å²) in [6.07, 6.45) is 6.20. The summed E-state index contributed by atoms with van der Waals surface area (Å²) >= 11 is 0. The fraction of sp³-hybridized carbons (Fsp3) is 0.364. The van der Waals surface area contributed by atoms with E-state index < -0.39 is 0 Å². The number of Topliss-reactive ketones (excluding diaryl/α,β-unsaturated/α-hetero) is 1. The zero-order valence-electron chi connectivity index (χ0n) is 15.0. The molecule has 0 saturated heterocycles. The zero-order valence-corrected chi connectivity index (χ0v) is 15.0. The average Bonchev–Trinajstić information content (AvgIpc) is 2.62. The van der Waals surface area contributed by atoms with Crippen LogP contribution in [0.3, 0.4) is 0 Å². The van der Waals surface area contributed by atoms with Crippen LogP contribution in [0.2, 0.25) is 0 Å². The number of phenolic OH excluding ortho intramolecular Hbond substituents is 1. The summed E-state index contributed by atoms with van der Waals surface area (Å²) in [5.41, 5.74) is 2.09. The van der Waals surface area contributed by atoms with Crippen LogP contribution >= 0.6 is 0 Å². The minimum absolute atomic E-state index is 0.0221. The van der Waals surface area contributed by atoms with Gasteiger partial charge in [0.25, 0.3) is 0 Å². The van der Waals surface area contributed by atoms with Crippen molar-refractivity contribution in [3.05, 3.63) is 48.0 Å². The Morgan fingerprint density at radius 3 is 2.54 bits per heavy atom. The summed E-state index contributed by atoms with van der Waals surface area (Å²) in [5, 5.41) is 10.0. The lowest BCUT2D eigenvalue weighted by atomic mass is 9.87. The fourth-order valence-electron chi connectivity index (χ4n) is 3.53. The second-order valence-corrected chi connectivity index (χ2v) is 7.03. The van der Waals surface area contributed by atoms with E-state index in [4.69, 9.17) is 4.74 Å². The quantitative estimate of drug-likeness (QED) is 0.460. The molecule has 1 aliphatic rings. The van der Waals surface area contributed by atoms with Gasteiger partial charge in [0.15, 0.2) is 5.78 Å². The lowest BCUT2D eigenvalue weighted by Crippen LogP contribution is -2.16. The average molecular weight is 352 g/mol. The molecule has 1 saturated carbocycles. The summed E-state index contributed by atoms with van der Waals surface area (Å²) in [6, 6.07) is 11.9. The van der Waals surface area contributed by atoms with Crippen molar-refractivity contribution in [1.29, 1.82) is 0 Å². The lowest BCUT2D eigenvalue weighted by molar-refractivity contribution is -0.135. The van der Waals surface area contributed by atoms with Crippen molar-refractivity contribution in [2.45, 2.75) is 45.4 Å². The number of ketones is 1. The Morgan fingerprint density at radius 1 is 1.04 bits per heavy atom. The van der Waals surface area contributed by atoms with Crippen molar-refractivity contribution in [2.24, 2.45) is 5.92 Å². The Bertz CT molecular complexity index is 804. The number of carbonyl (C=O) groups is 2. The molecule has 3 rings (SSSR count). The van der Waals surface area contributed by atoms with Crippen LogP contribution in [0.4, 0.5) is 0 Å². The fourth-order valence-corrected chi connectivity index (χ4v) is 3.53. The van der Waals surface area contributed by atoms with Crippen LogP contribution in [0.1, 0.15) is 55.8 Å². The maximum absolute atomic E-state index is 12.2. The van der Waals surface area contributed by atoms with E-state index in [2.05, 4.69) is 0 Å². The van der Waals surface area contributed by atoms with Gasteiger partial charge in [-0.15, -0.1) is 0 Å². The summed E-state index contributed by atoms with van der Waals surface area (Å²) in [6.45, 7) is 1.51. The summed E-state index contributed by atoms with van der Waals surface area (Å²) in [4.78, 5) is 23.8. The Hall–Kier alpha value is -2.62. The number of aromatic hydroxyl groups is 1. The van der Waals surface area contributed by atoms with Crippen LogP contribution in [-0.2, 0) is 4.79 Å². The van der Waals surface area contributed by atoms with Gasteiger partial charge in [0.1, 0.15) is 11.5 Å². The standard InChI is InChI=1S/C22H24O4/c1-15(23)17-8-5-9-18(11-17)19-12-20(24)14-21(13-19)26-22(25)10-16-6-3-2-4-7-16/h5,8-9,11-14,16,24H,2-4,6-7,10H2,1H3. The largest absolute Gasteiger partial charge is 0.508 e. The number of ether oxygens (including phenoxy) is 1. The van der Waals surface area contributed by atoms with Crippen LogP contribution in [0.5, 0.6) is 11.5 Å². The molecule has 1 N–H and O–H groups in total. The minimum Gasteiger partial charge on any atom is -0.508 e. The molecule has 0 aliphatic heterocycles. The summed E-state index contributed by atoms with van der Waals surface area (Å²) < 4.78 is 5.47. The van der Waals surface area contributed by atoms with Gasteiger partial charge in [-0.1, -0.05) is 37.5 Å². The summed E-state index contributed by atoms with van der Waals surface area (Å²) in [7, 11) is 0. The Morgan fingerprint density at radius 2 is 1.81 bits per heavy atom. The Labute approximate surface area is 153 Å². The molecule has 0 bridgehead atoms. The summed E-state index contributed by atoms with van der Waals surface area (Å²) in [5.74, 6) is 0.475. The normalized spacial score (nSPS) is 14.8. The molecule has 0 aromatic heterocycles. The minimum atomic E-state index is -0.258. The maximum atomic E-state index is 12.2. The number of carbonyl (C=O) groups excluding carboxylic acids is 2. The second kappa shape index (κ2) is 8.17. The monoisotopic (exact) mass is 352 g/mol. The molecule has 4 nitrogen and oxygen atoms in total. The predicted octanol–water partition coefficient (Wildman–Crippen LogP) is 5.14. The first-order chi connectivity index (χ1) is 12.5. The number of hydrogen-bond donors (Lipinski definition) is 1. The van der Waals surface area contributed by atoms with E-state index in [0.717, 1.165) is 18.4 Å². The molecule has 2 aromatic carbocycles. The number of benzene rings is 2. The molecule has 2 aromatic rings. The van der Waals surface area contributed by atoms with Crippen LogP contribution < -0.4 is 4.74 Å². The molecular weight excluding hydrogens is 328 g/mol. The highest BCUT2D eigenvalue weighted by molar-refractivity contribution is 5.95. The van der Waals surface area contributed by atoms with Crippen molar-refractivity contribution < 1.29 is 19.4 Å². The van der Waals surface area contributed by atoms with Gasteiger partial charge >= 0.3 is 5.97 Å². The third-order valence-corrected chi connectivity index (χ3v) is 4.91. The van der Waals surface area contributed by atoms with E-state index in [1.165, 1.54) is 32.3 Å². The van der Waals surface area contributed by atoms with Gasteiger partial charge in [-0.25, -0.2) is 0 Å². The maximum Gasteiger partial charge on any atom is 0.311 e. The molecule has 26 heavy (non-hydrogen) atoms. The molecule has 0 unspecified atom stereocenters. The first kappa shape index (κ1) is 18.2. The van der Waals surface area contributed by atoms with E-state index in [9.17, 15) is 14.7 Å². The molecule has 0 heterocycles. The third-order valence-electron chi connectivity index (χ3n) is 4.91. The van der Waals surface area contributed by atoms with E-state index in [1.54, 1.807) is 30.3 Å². The molecular formula is C22H24O4. The SMILES string of the molecule is CC(=O)c1cccc(-c2cc(O)cc(OC(=O)CC3CCCCC3)c2)c1. The Balaban J connectivity index is 1.76. The highest BCUT2D eigenvalue weighted by atomic mass is 16.5. The Kier molecular flexibility index (Phi) is 5.71. The van der Waals surface area contributed by atoms with Crippen molar-refractivity contribution >= 4 is 11.8 Å². The first-order valence-electron chi connectivity index (χ1n) is 9.17. The van der Waals surface area contributed by atoms with Gasteiger partial charge in [0.05, 0.1) is 0 Å². The first-order valence-corrected chi connectivity index (χ1v) is 9.17. The van der Waals surface area contributed by atoms with Crippen molar-refractivity contribution in [3.8, 4) is 22.6 Å². The van der Waals surface area contributed by atoms with Crippen LogP contribution in [0.15, 0.2) is 42.5 Å². The van der Waals surface area contributed by atoms with Crippen LogP contribution in [-0.4, -0.2) is 16.9 Å². The van der Waals surface area contributed by atoms with Gasteiger partial charge in [-0.05, 0) is 55.0 Å². The van der Waals surface area contributed by atoms with E-state index >= 15 is 0 Å². The van der Waals surface area contributed by atoms with Gasteiger partial charge in [0.2, 0.25) is 0 Å². The number of phenols is 1. The number of esters is 1. The molecule has 1 fully saturated rings. The molecule has 0 amide bonds. The molecule has 1 aliphatic carbocycles. The lowest BCUT2D eigenvalue weighted by Gasteiger charge is -2.20. The molecule has 0 spiro atoms. The molecule has 0 atom stereocenters. The van der Waals surface area contributed by atoms with Gasteiger partial charge in [-0.3, -0.25) is 9.59 Å². The van der Waals surface area contributed by atoms with Crippen LogP contribution in [0.25, 0.3) is 11.1 Å². The van der Waals surface area contributed by atoms with Gasteiger partial charge < -0.3 is 9.84 Å². The van der Waals surface area contributed by atoms with Gasteiger partial charge in [-0.2, -0.15) is 0 Å². The molecule has 0 radical (unpaired) electrons. The van der Waals surface area contributed by atoms with Gasteiger partial charge in [0, 0.05) is 18.1 Å². The third kappa shape index (κ3) is 4.72. The number of rotatable bonds is 5. The highest BCUT2D eigenvalue weighted by Gasteiger charge is 2.18. The van der Waals surface area contributed by atoms with E-state index in [-0.39, 0.29) is 17.5 Å². The predicted molar refractivity (Wildman–Crippen MR) is 100 cm³/mol. The van der Waals surface area contributed by atoms with E-state index in [1.807, 2.05) is 6.07 Å². The van der Waals surface area contributed by atoms with Crippen molar-refractivity contribution in [2.75, 3.05) is 0 Å².